The largest absolute Gasteiger partial charge is 0.385 e. The predicted octanol–water partition coefficient (Wildman–Crippen LogP) is 3.75. The van der Waals surface area contributed by atoms with Crippen LogP contribution in [0.25, 0.3) is 0 Å². The molecule has 2 heterocycles. The summed E-state index contributed by atoms with van der Waals surface area (Å²) in [6, 6.07) is 15.9. The summed E-state index contributed by atoms with van der Waals surface area (Å²) < 4.78 is 34.8. The first kappa shape index (κ1) is 21.9. The molecule has 0 aliphatic carbocycles. The lowest BCUT2D eigenvalue weighted by Gasteiger charge is -2.16. The molecule has 2 aromatic rings. The van der Waals surface area contributed by atoms with Crippen LogP contribution >= 0.6 is 23.5 Å². The number of anilines is 1. The fourth-order valence-corrected chi connectivity index (χ4v) is 6.79. The molecule has 0 unspecified atom stereocenters. The molecular formula is C21H21N3O4S3. The molecule has 2 aliphatic heterocycles. The number of carbonyl (C=O) groups excluding carboxylic acids is 1. The molecule has 0 N–H and O–H groups in total. The van der Waals surface area contributed by atoms with Crippen molar-refractivity contribution < 1.29 is 17.9 Å². The summed E-state index contributed by atoms with van der Waals surface area (Å²) in [7, 11) is -0.455. The average Bonchev–Trinajstić information content (AvgIpc) is 3.26. The lowest BCUT2D eigenvalue weighted by atomic mass is 10.3. The third-order valence-corrected chi connectivity index (χ3v) is 8.59. The molecule has 0 aromatic heterocycles. The highest BCUT2D eigenvalue weighted by atomic mass is 32.2. The third kappa shape index (κ3) is 4.38. The van der Waals surface area contributed by atoms with Crippen molar-refractivity contribution in [3.05, 3.63) is 64.5 Å². The van der Waals surface area contributed by atoms with Gasteiger partial charge >= 0.3 is 0 Å². The Bertz CT molecular complexity index is 1160. The maximum absolute atomic E-state index is 13.3. The summed E-state index contributed by atoms with van der Waals surface area (Å²) >= 11 is 2.60. The Kier molecular flexibility index (Phi) is 6.42. The van der Waals surface area contributed by atoms with E-state index in [1.807, 2.05) is 36.2 Å². The second-order valence-electron chi connectivity index (χ2n) is 6.83. The van der Waals surface area contributed by atoms with Crippen molar-refractivity contribution in [3.63, 3.8) is 0 Å². The van der Waals surface area contributed by atoms with Gasteiger partial charge in [0.1, 0.15) is 4.91 Å². The molecule has 162 valence electrons. The van der Waals surface area contributed by atoms with Crippen LogP contribution in [0.5, 0.6) is 0 Å². The molecule has 1 saturated heterocycles. The second-order valence-corrected chi connectivity index (χ2v) is 10.4. The number of amides is 1. The zero-order chi connectivity index (χ0) is 22.0. The van der Waals surface area contributed by atoms with E-state index < -0.39 is 10.0 Å². The van der Waals surface area contributed by atoms with E-state index in [1.165, 1.54) is 28.8 Å². The fraction of sp³-hybridized carbons (Fsp3) is 0.238. The molecule has 1 fully saturated rings. The Labute approximate surface area is 190 Å². The minimum absolute atomic E-state index is 0.0910. The van der Waals surface area contributed by atoms with E-state index in [1.54, 1.807) is 25.3 Å². The van der Waals surface area contributed by atoms with E-state index in [-0.39, 0.29) is 16.0 Å². The highest BCUT2D eigenvalue weighted by Gasteiger charge is 2.39. The van der Waals surface area contributed by atoms with Gasteiger partial charge in [0.25, 0.3) is 15.9 Å². The van der Waals surface area contributed by atoms with Gasteiger partial charge < -0.3 is 9.64 Å². The van der Waals surface area contributed by atoms with Gasteiger partial charge in [0, 0.05) is 32.2 Å². The molecule has 0 spiro atoms. The number of thioether (sulfide) groups is 2. The minimum atomic E-state index is -3.95. The van der Waals surface area contributed by atoms with Gasteiger partial charge in [0.05, 0.1) is 15.6 Å². The van der Waals surface area contributed by atoms with Crippen LogP contribution in [0.4, 0.5) is 5.69 Å². The second kappa shape index (κ2) is 9.07. The number of methoxy groups -OCH3 is 1. The van der Waals surface area contributed by atoms with Crippen LogP contribution < -0.4 is 4.90 Å². The topological polar surface area (TPSA) is 79.3 Å². The third-order valence-electron chi connectivity index (χ3n) is 4.77. The van der Waals surface area contributed by atoms with Crippen LogP contribution in [0.2, 0.25) is 0 Å². The number of rotatable bonds is 6. The molecule has 0 bridgehead atoms. The molecule has 4 rings (SSSR count). The van der Waals surface area contributed by atoms with Gasteiger partial charge in [-0.3, -0.25) is 9.69 Å². The maximum Gasteiger partial charge on any atom is 0.284 e. The van der Waals surface area contributed by atoms with Crippen LogP contribution in [0.3, 0.4) is 0 Å². The summed E-state index contributed by atoms with van der Waals surface area (Å²) in [5, 5.41) is 0.938. The molecule has 10 heteroatoms. The number of fused-ring (bicyclic) bond motifs is 1. The molecule has 1 amide bonds. The number of para-hydroxylation sites is 1. The molecule has 0 atom stereocenters. The molecule has 0 radical (unpaired) electrons. The normalized spacial score (nSPS) is 20.1. The Balaban J connectivity index is 1.72. The summed E-state index contributed by atoms with van der Waals surface area (Å²) in [6.45, 7) is 0.778. The van der Waals surface area contributed by atoms with Crippen molar-refractivity contribution in [2.45, 2.75) is 16.2 Å². The van der Waals surface area contributed by atoms with Crippen molar-refractivity contribution in [3.8, 4) is 0 Å². The Morgan fingerprint density at radius 1 is 1.03 bits per heavy atom. The zero-order valence-electron chi connectivity index (χ0n) is 17.0. The van der Waals surface area contributed by atoms with E-state index >= 15 is 0 Å². The first-order valence-electron chi connectivity index (χ1n) is 9.56. The average molecular weight is 476 g/mol. The number of hydrogen-bond donors (Lipinski definition) is 0. The smallest absolute Gasteiger partial charge is 0.284 e. The maximum atomic E-state index is 13.3. The highest BCUT2D eigenvalue weighted by molar-refractivity contribution is 8.19. The van der Waals surface area contributed by atoms with Gasteiger partial charge in [0.15, 0.2) is 5.17 Å². The Hall–Kier alpha value is -2.27. The monoisotopic (exact) mass is 475 g/mol. The number of carbonyl (C=O) groups is 1. The summed E-state index contributed by atoms with van der Waals surface area (Å²) in [6.07, 6.45) is 0.568. The number of hydrogen-bond acceptors (Lipinski definition) is 7. The standard InChI is InChI=1S/C21H21N3O4S3/c1-23-16-11-6-7-12-17(16)29-20(23)18-19(25)24(13-8-14-28-2)21(30-18)22-31(26,27)15-9-4-3-5-10-15/h3-7,9-12H,8,13-14H2,1-2H3. The van der Waals surface area contributed by atoms with Gasteiger partial charge in [-0.25, -0.2) is 0 Å². The lowest BCUT2D eigenvalue weighted by Crippen LogP contribution is -2.31. The highest BCUT2D eigenvalue weighted by Crippen LogP contribution is 2.49. The van der Waals surface area contributed by atoms with Crippen molar-refractivity contribution in [1.29, 1.82) is 0 Å². The minimum Gasteiger partial charge on any atom is -0.385 e. The van der Waals surface area contributed by atoms with Gasteiger partial charge in [0.2, 0.25) is 0 Å². The van der Waals surface area contributed by atoms with E-state index in [4.69, 9.17) is 4.74 Å². The van der Waals surface area contributed by atoms with E-state index in [0.717, 1.165) is 27.4 Å². The summed E-state index contributed by atoms with van der Waals surface area (Å²) in [5.74, 6) is -0.245. The van der Waals surface area contributed by atoms with Crippen molar-refractivity contribution in [2.24, 2.45) is 4.40 Å². The van der Waals surface area contributed by atoms with E-state index in [0.29, 0.717) is 24.5 Å². The van der Waals surface area contributed by atoms with Gasteiger partial charge in [-0.15, -0.1) is 4.40 Å². The van der Waals surface area contributed by atoms with E-state index in [2.05, 4.69) is 4.40 Å². The first-order valence-corrected chi connectivity index (χ1v) is 12.6. The lowest BCUT2D eigenvalue weighted by molar-refractivity contribution is -0.122. The van der Waals surface area contributed by atoms with Crippen LogP contribution in [0, 0.1) is 0 Å². The van der Waals surface area contributed by atoms with Crippen LogP contribution in [0.1, 0.15) is 6.42 Å². The molecule has 7 nitrogen and oxygen atoms in total. The van der Waals surface area contributed by atoms with Crippen LogP contribution in [0.15, 0.2) is 78.7 Å². The van der Waals surface area contributed by atoms with Crippen molar-refractivity contribution in [2.75, 3.05) is 32.2 Å². The van der Waals surface area contributed by atoms with Crippen molar-refractivity contribution >= 4 is 50.3 Å². The quantitative estimate of drug-likeness (QED) is 0.465. The van der Waals surface area contributed by atoms with Gasteiger partial charge in [-0.05, 0) is 42.4 Å². The van der Waals surface area contributed by atoms with Crippen LogP contribution in [-0.4, -0.2) is 51.7 Å². The summed E-state index contributed by atoms with van der Waals surface area (Å²) in [4.78, 5) is 18.3. The number of nitrogens with zero attached hydrogens (tertiary/aromatic N) is 3. The molecule has 2 aromatic carbocycles. The number of ether oxygens (including phenoxy) is 1. The molecule has 2 aliphatic rings. The summed E-state index contributed by atoms with van der Waals surface area (Å²) in [5.41, 5.74) is 1.01. The Morgan fingerprint density at radius 3 is 2.45 bits per heavy atom. The SMILES string of the molecule is COCCCN1C(=O)C(=C2Sc3ccccc3N2C)SC1=NS(=O)(=O)c1ccccc1. The fourth-order valence-electron chi connectivity index (χ4n) is 3.22. The van der Waals surface area contributed by atoms with E-state index in [9.17, 15) is 13.2 Å². The molecule has 0 saturated carbocycles. The van der Waals surface area contributed by atoms with Gasteiger partial charge in [-0.1, -0.05) is 42.1 Å². The van der Waals surface area contributed by atoms with Crippen LogP contribution in [-0.2, 0) is 19.6 Å². The van der Waals surface area contributed by atoms with Gasteiger partial charge in [-0.2, -0.15) is 8.42 Å². The number of amidine groups is 1. The molecular weight excluding hydrogens is 454 g/mol. The first-order chi connectivity index (χ1) is 14.9. The predicted molar refractivity (Wildman–Crippen MR) is 125 cm³/mol. The number of sulfonamides is 1. The Morgan fingerprint density at radius 2 is 1.74 bits per heavy atom. The zero-order valence-corrected chi connectivity index (χ0v) is 19.5. The van der Waals surface area contributed by atoms with Crippen molar-refractivity contribution in [1.82, 2.24) is 4.90 Å². The number of benzene rings is 2. The molecule has 31 heavy (non-hydrogen) atoms.